The molecule has 18 heavy (non-hydrogen) atoms. The second-order valence-electron chi connectivity index (χ2n) is 4.37. The van der Waals surface area contributed by atoms with E-state index in [1.165, 1.54) is 29.0 Å². The maximum absolute atomic E-state index is 13.1. The fourth-order valence-corrected chi connectivity index (χ4v) is 3.82. The number of carbonyl (C=O) groups excluding carboxylic acids is 1. The van der Waals surface area contributed by atoms with Crippen LogP contribution in [0.25, 0.3) is 0 Å². The number of hydrogen-bond acceptors (Lipinski definition) is 2. The quantitative estimate of drug-likeness (QED) is 0.750. The number of rotatable bonds is 2. The molecule has 0 fully saturated rings. The minimum absolute atomic E-state index is 0.0184. The monoisotopic (exact) mass is 324 g/mol. The number of halogens is 2. The number of fused-ring (bicyclic) bond motifs is 1. The van der Waals surface area contributed by atoms with Gasteiger partial charge in [-0.05, 0) is 65.0 Å². The van der Waals surface area contributed by atoms with Crippen molar-refractivity contribution in [1.82, 2.24) is 0 Å². The lowest BCUT2D eigenvalue weighted by Gasteiger charge is -2.00. The highest BCUT2D eigenvalue weighted by Gasteiger charge is 2.19. The molecule has 92 valence electrons. The summed E-state index contributed by atoms with van der Waals surface area (Å²) in [7, 11) is 0. The minimum Gasteiger partial charge on any atom is -0.288 e. The Balaban J connectivity index is 1.95. The van der Waals surface area contributed by atoms with Crippen LogP contribution in [0.1, 0.15) is 32.1 Å². The maximum Gasteiger partial charge on any atom is 0.203 e. The third kappa shape index (κ3) is 2.04. The highest BCUT2D eigenvalue weighted by Crippen LogP contribution is 2.32. The Morgan fingerprint density at radius 1 is 1.28 bits per heavy atom. The summed E-state index contributed by atoms with van der Waals surface area (Å²) >= 11 is 4.68. The SMILES string of the molecule is O=C(c1ccc(F)c(Br)c1)c1cc2c(s1)CCC2. The van der Waals surface area contributed by atoms with E-state index in [1.54, 1.807) is 17.4 Å². The average molecular weight is 325 g/mol. The molecule has 2 aromatic rings. The van der Waals surface area contributed by atoms with Gasteiger partial charge in [0.25, 0.3) is 0 Å². The molecule has 0 amide bonds. The molecule has 1 aromatic heterocycles. The Labute approximate surface area is 117 Å². The van der Waals surface area contributed by atoms with Gasteiger partial charge in [0.2, 0.25) is 5.78 Å². The molecule has 0 bridgehead atoms. The van der Waals surface area contributed by atoms with Crippen LogP contribution in [0.2, 0.25) is 0 Å². The zero-order valence-electron chi connectivity index (χ0n) is 9.50. The van der Waals surface area contributed by atoms with E-state index >= 15 is 0 Å². The Bertz CT molecular complexity index is 611. The second kappa shape index (κ2) is 4.59. The lowest BCUT2D eigenvalue weighted by Crippen LogP contribution is -1.99. The van der Waals surface area contributed by atoms with Crippen molar-refractivity contribution in [2.45, 2.75) is 19.3 Å². The third-order valence-electron chi connectivity index (χ3n) is 3.15. The van der Waals surface area contributed by atoms with Gasteiger partial charge in [0.1, 0.15) is 5.82 Å². The van der Waals surface area contributed by atoms with Crippen molar-refractivity contribution < 1.29 is 9.18 Å². The molecule has 4 heteroatoms. The van der Waals surface area contributed by atoms with Gasteiger partial charge in [0.15, 0.2) is 0 Å². The topological polar surface area (TPSA) is 17.1 Å². The van der Waals surface area contributed by atoms with E-state index in [-0.39, 0.29) is 11.6 Å². The summed E-state index contributed by atoms with van der Waals surface area (Å²) < 4.78 is 13.5. The van der Waals surface area contributed by atoms with Crippen molar-refractivity contribution in [2.75, 3.05) is 0 Å². The molecule has 0 aliphatic heterocycles. The maximum atomic E-state index is 13.1. The van der Waals surface area contributed by atoms with E-state index in [0.29, 0.717) is 10.0 Å². The van der Waals surface area contributed by atoms with Crippen LogP contribution in [0.4, 0.5) is 4.39 Å². The van der Waals surface area contributed by atoms with Gasteiger partial charge < -0.3 is 0 Å². The van der Waals surface area contributed by atoms with E-state index in [9.17, 15) is 9.18 Å². The summed E-state index contributed by atoms with van der Waals surface area (Å²) in [5.74, 6) is -0.365. The molecule has 0 atom stereocenters. The van der Waals surface area contributed by atoms with Crippen molar-refractivity contribution >= 4 is 33.0 Å². The van der Waals surface area contributed by atoms with Crippen molar-refractivity contribution in [3.05, 3.63) is 55.4 Å². The van der Waals surface area contributed by atoms with Crippen LogP contribution >= 0.6 is 27.3 Å². The van der Waals surface area contributed by atoms with Gasteiger partial charge in [-0.2, -0.15) is 0 Å². The van der Waals surface area contributed by atoms with E-state index < -0.39 is 0 Å². The van der Waals surface area contributed by atoms with Gasteiger partial charge in [0.05, 0.1) is 9.35 Å². The Kier molecular flexibility index (Phi) is 3.08. The molecular formula is C14H10BrFOS. The number of ketones is 1. The highest BCUT2D eigenvalue weighted by molar-refractivity contribution is 9.10. The average Bonchev–Trinajstić information content (AvgIpc) is 2.92. The number of hydrogen-bond donors (Lipinski definition) is 0. The number of carbonyl (C=O) groups is 1. The number of aryl methyl sites for hydroxylation is 2. The van der Waals surface area contributed by atoms with Crippen LogP contribution in [0, 0.1) is 5.82 Å². The number of thiophene rings is 1. The second-order valence-corrected chi connectivity index (χ2v) is 6.36. The zero-order chi connectivity index (χ0) is 12.7. The lowest BCUT2D eigenvalue weighted by atomic mass is 10.1. The molecule has 0 spiro atoms. The van der Waals surface area contributed by atoms with Crippen molar-refractivity contribution in [1.29, 1.82) is 0 Å². The largest absolute Gasteiger partial charge is 0.288 e. The molecule has 1 aromatic carbocycles. The van der Waals surface area contributed by atoms with Gasteiger partial charge >= 0.3 is 0 Å². The van der Waals surface area contributed by atoms with E-state index in [1.807, 2.05) is 6.07 Å². The summed E-state index contributed by atoms with van der Waals surface area (Å²) in [6.45, 7) is 0. The molecule has 3 rings (SSSR count). The summed E-state index contributed by atoms with van der Waals surface area (Å²) in [5.41, 5.74) is 1.84. The summed E-state index contributed by atoms with van der Waals surface area (Å²) in [6, 6.07) is 6.39. The predicted molar refractivity (Wildman–Crippen MR) is 73.9 cm³/mol. The van der Waals surface area contributed by atoms with Gasteiger partial charge in [-0.1, -0.05) is 0 Å². The molecule has 0 saturated carbocycles. The molecule has 0 unspecified atom stereocenters. The predicted octanol–water partition coefficient (Wildman–Crippen LogP) is 4.37. The summed E-state index contributed by atoms with van der Waals surface area (Å²) in [5, 5.41) is 0. The minimum atomic E-state index is -0.347. The molecule has 1 aliphatic rings. The van der Waals surface area contributed by atoms with Gasteiger partial charge in [-0.25, -0.2) is 4.39 Å². The smallest absolute Gasteiger partial charge is 0.203 e. The van der Waals surface area contributed by atoms with Crippen LogP contribution < -0.4 is 0 Å². The standard InChI is InChI=1S/C14H10BrFOS/c15-10-6-9(4-5-11(10)16)14(17)13-7-8-2-1-3-12(8)18-13/h4-7H,1-3H2. The van der Waals surface area contributed by atoms with Crippen molar-refractivity contribution in [3.63, 3.8) is 0 Å². The summed E-state index contributed by atoms with van der Waals surface area (Å²) in [4.78, 5) is 14.4. The van der Waals surface area contributed by atoms with Crippen LogP contribution in [0.15, 0.2) is 28.7 Å². The van der Waals surface area contributed by atoms with Crippen molar-refractivity contribution in [2.24, 2.45) is 0 Å². The molecule has 0 N–H and O–H groups in total. The zero-order valence-corrected chi connectivity index (χ0v) is 11.9. The number of benzene rings is 1. The van der Waals surface area contributed by atoms with Crippen LogP contribution in [0.5, 0.6) is 0 Å². The Morgan fingerprint density at radius 3 is 2.83 bits per heavy atom. The van der Waals surface area contributed by atoms with Crippen LogP contribution in [-0.2, 0) is 12.8 Å². The lowest BCUT2D eigenvalue weighted by molar-refractivity contribution is 0.104. The Hall–Kier alpha value is -1.00. The first-order valence-corrected chi connectivity index (χ1v) is 7.37. The molecular weight excluding hydrogens is 315 g/mol. The van der Waals surface area contributed by atoms with Gasteiger partial charge in [0, 0.05) is 10.4 Å². The highest BCUT2D eigenvalue weighted by atomic mass is 79.9. The van der Waals surface area contributed by atoms with Crippen molar-refractivity contribution in [3.8, 4) is 0 Å². The molecule has 1 heterocycles. The van der Waals surface area contributed by atoms with Gasteiger partial charge in [-0.3, -0.25) is 4.79 Å². The molecule has 0 saturated heterocycles. The van der Waals surface area contributed by atoms with E-state index in [2.05, 4.69) is 15.9 Å². The Morgan fingerprint density at radius 2 is 2.11 bits per heavy atom. The molecule has 1 aliphatic carbocycles. The van der Waals surface area contributed by atoms with Gasteiger partial charge in [-0.15, -0.1) is 11.3 Å². The normalized spacial score (nSPS) is 13.7. The summed E-state index contributed by atoms with van der Waals surface area (Å²) in [6.07, 6.45) is 3.35. The first kappa shape index (κ1) is 12.1. The first-order chi connectivity index (χ1) is 8.65. The third-order valence-corrected chi connectivity index (χ3v) is 5.00. The van der Waals surface area contributed by atoms with E-state index in [0.717, 1.165) is 17.7 Å². The van der Waals surface area contributed by atoms with E-state index in [4.69, 9.17) is 0 Å². The first-order valence-electron chi connectivity index (χ1n) is 5.76. The fraction of sp³-hybridized carbons (Fsp3) is 0.214. The molecule has 0 radical (unpaired) electrons. The van der Waals surface area contributed by atoms with Crippen LogP contribution in [0.3, 0.4) is 0 Å². The molecule has 1 nitrogen and oxygen atoms in total. The van der Waals surface area contributed by atoms with Crippen LogP contribution in [-0.4, -0.2) is 5.78 Å². The fourth-order valence-electron chi connectivity index (χ4n) is 2.22.